The van der Waals surface area contributed by atoms with E-state index in [2.05, 4.69) is 4.98 Å². The summed E-state index contributed by atoms with van der Waals surface area (Å²) in [6.07, 6.45) is 0. The molecule has 1 heterocycles. The molecule has 2 rings (SSSR count). The predicted molar refractivity (Wildman–Crippen MR) is 54.8 cm³/mol. The van der Waals surface area contributed by atoms with Gasteiger partial charge in [-0.25, -0.2) is 9.37 Å². The summed E-state index contributed by atoms with van der Waals surface area (Å²) in [6, 6.07) is 6.30. The number of nitrogens with zero attached hydrogens (tertiary/aromatic N) is 1. The lowest BCUT2D eigenvalue weighted by atomic mass is 10.2. The summed E-state index contributed by atoms with van der Waals surface area (Å²) in [5.41, 5.74) is 0.258. The minimum atomic E-state index is -0.385. The molecule has 15 heavy (non-hydrogen) atoms. The summed E-state index contributed by atoms with van der Waals surface area (Å²) < 4.78 is 23.5. The van der Waals surface area contributed by atoms with E-state index in [0.717, 1.165) is 0 Å². The van der Waals surface area contributed by atoms with Gasteiger partial charge in [-0.3, -0.25) is 0 Å². The first kappa shape index (κ1) is 9.71. The summed E-state index contributed by atoms with van der Waals surface area (Å²) in [4.78, 5) is 4.02. The van der Waals surface area contributed by atoms with Crippen molar-refractivity contribution in [1.29, 1.82) is 0 Å². The number of aromatic nitrogens is 1. The van der Waals surface area contributed by atoms with E-state index >= 15 is 0 Å². The number of benzene rings is 1. The lowest BCUT2D eigenvalue weighted by Gasteiger charge is -2.06. The van der Waals surface area contributed by atoms with Crippen LogP contribution in [0.25, 0.3) is 10.9 Å². The Labute approximate surface area is 86.5 Å². The van der Waals surface area contributed by atoms with Crippen LogP contribution in [-0.4, -0.2) is 19.2 Å². The van der Waals surface area contributed by atoms with Crippen molar-refractivity contribution in [3.63, 3.8) is 0 Å². The zero-order chi connectivity index (χ0) is 10.8. The Balaban J connectivity index is 2.75. The third-order valence-electron chi connectivity index (χ3n) is 2.17. The molecule has 78 valence electrons. The van der Waals surface area contributed by atoms with E-state index in [9.17, 15) is 4.39 Å². The molecule has 0 amide bonds. The van der Waals surface area contributed by atoms with Crippen LogP contribution < -0.4 is 9.47 Å². The SMILES string of the molecule is COc1ccc2c(OC)ccc(F)c2n1. The number of hydrogen-bond donors (Lipinski definition) is 0. The third-order valence-corrected chi connectivity index (χ3v) is 2.17. The van der Waals surface area contributed by atoms with E-state index in [1.165, 1.54) is 20.3 Å². The van der Waals surface area contributed by atoms with Crippen LogP contribution in [0, 0.1) is 5.82 Å². The van der Waals surface area contributed by atoms with Gasteiger partial charge in [0.1, 0.15) is 17.1 Å². The molecule has 1 aromatic heterocycles. The molecule has 0 aliphatic heterocycles. The fourth-order valence-corrected chi connectivity index (χ4v) is 1.43. The number of hydrogen-bond acceptors (Lipinski definition) is 3. The second kappa shape index (κ2) is 3.73. The Morgan fingerprint density at radius 2 is 1.87 bits per heavy atom. The minimum absolute atomic E-state index is 0.258. The summed E-state index contributed by atoms with van der Waals surface area (Å²) in [5.74, 6) is 0.598. The van der Waals surface area contributed by atoms with Gasteiger partial charge in [-0.1, -0.05) is 0 Å². The minimum Gasteiger partial charge on any atom is -0.496 e. The first-order valence-corrected chi connectivity index (χ1v) is 4.43. The molecule has 4 heteroatoms. The molecule has 3 nitrogen and oxygen atoms in total. The monoisotopic (exact) mass is 207 g/mol. The summed E-state index contributed by atoms with van der Waals surface area (Å²) in [7, 11) is 3.03. The van der Waals surface area contributed by atoms with Crippen molar-refractivity contribution >= 4 is 10.9 Å². The second-order valence-electron chi connectivity index (χ2n) is 3.00. The molecule has 0 radical (unpaired) electrons. The number of fused-ring (bicyclic) bond motifs is 1. The number of methoxy groups -OCH3 is 2. The van der Waals surface area contributed by atoms with Crippen LogP contribution in [0.1, 0.15) is 0 Å². The first-order chi connectivity index (χ1) is 7.26. The van der Waals surface area contributed by atoms with E-state index in [0.29, 0.717) is 17.0 Å². The van der Waals surface area contributed by atoms with Crippen LogP contribution >= 0.6 is 0 Å². The van der Waals surface area contributed by atoms with Gasteiger partial charge >= 0.3 is 0 Å². The summed E-state index contributed by atoms with van der Waals surface area (Å²) >= 11 is 0. The summed E-state index contributed by atoms with van der Waals surface area (Å²) in [5, 5.41) is 0.637. The average Bonchev–Trinajstić information content (AvgIpc) is 2.29. The number of rotatable bonds is 2. The molecule has 0 fully saturated rings. The highest BCUT2D eigenvalue weighted by molar-refractivity contribution is 5.86. The van der Waals surface area contributed by atoms with Crippen LogP contribution in [-0.2, 0) is 0 Å². The van der Waals surface area contributed by atoms with Crippen LogP contribution in [0.15, 0.2) is 24.3 Å². The molecular formula is C11H10FNO2. The average molecular weight is 207 g/mol. The smallest absolute Gasteiger partial charge is 0.213 e. The lowest BCUT2D eigenvalue weighted by molar-refractivity contribution is 0.398. The Morgan fingerprint density at radius 1 is 1.07 bits per heavy atom. The molecule has 0 spiro atoms. The molecule has 0 atom stereocenters. The van der Waals surface area contributed by atoms with Gasteiger partial charge in [-0.2, -0.15) is 0 Å². The van der Waals surface area contributed by atoms with Gasteiger partial charge in [0.15, 0.2) is 0 Å². The van der Waals surface area contributed by atoms with Gasteiger partial charge in [0.25, 0.3) is 0 Å². The molecular weight excluding hydrogens is 197 g/mol. The quantitative estimate of drug-likeness (QED) is 0.757. The predicted octanol–water partition coefficient (Wildman–Crippen LogP) is 2.39. The van der Waals surface area contributed by atoms with E-state index < -0.39 is 0 Å². The first-order valence-electron chi connectivity index (χ1n) is 4.43. The van der Waals surface area contributed by atoms with E-state index in [4.69, 9.17) is 9.47 Å². The standard InChI is InChI=1S/C11H10FNO2/c1-14-9-5-4-8(12)11-7(9)3-6-10(13-11)15-2/h3-6H,1-2H3. The van der Waals surface area contributed by atoms with Crippen molar-refractivity contribution in [2.75, 3.05) is 14.2 Å². The molecule has 0 unspecified atom stereocenters. The fourth-order valence-electron chi connectivity index (χ4n) is 1.43. The molecule has 0 aliphatic carbocycles. The van der Waals surface area contributed by atoms with Crippen molar-refractivity contribution in [1.82, 2.24) is 4.98 Å². The maximum absolute atomic E-state index is 13.4. The second-order valence-corrected chi connectivity index (χ2v) is 3.00. The largest absolute Gasteiger partial charge is 0.496 e. The fraction of sp³-hybridized carbons (Fsp3) is 0.182. The van der Waals surface area contributed by atoms with Crippen molar-refractivity contribution in [2.45, 2.75) is 0 Å². The molecule has 0 saturated carbocycles. The van der Waals surface area contributed by atoms with Gasteiger partial charge in [0, 0.05) is 11.5 Å². The normalized spacial score (nSPS) is 10.3. The lowest BCUT2D eigenvalue weighted by Crippen LogP contribution is -1.92. The molecule has 2 aromatic rings. The van der Waals surface area contributed by atoms with Crippen molar-refractivity contribution in [3.8, 4) is 11.6 Å². The number of ether oxygens (including phenoxy) is 2. The van der Waals surface area contributed by atoms with Gasteiger partial charge in [0.2, 0.25) is 5.88 Å². The third kappa shape index (κ3) is 1.58. The molecule has 0 bridgehead atoms. The van der Waals surface area contributed by atoms with Gasteiger partial charge in [-0.05, 0) is 18.2 Å². The zero-order valence-electron chi connectivity index (χ0n) is 8.45. The van der Waals surface area contributed by atoms with Crippen molar-refractivity contribution < 1.29 is 13.9 Å². The van der Waals surface area contributed by atoms with Crippen LogP contribution in [0.2, 0.25) is 0 Å². The van der Waals surface area contributed by atoms with Crippen molar-refractivity contribution in [3.05, 3.63) is 30.1 Å². The Bertz CT molecular complexity index is 499. The van der Waals surface area contributed by atoms with Gasteiger partial charge in [-0.15, -0.1) is 0 Å². The zero-order valence-corrected chi connectivity index (χ0v) is 8.45. The van der Waals surface area contributed by atoms with Gasteiger partial charge in [0.05, 0.1) is 14.2 Å². The van der Waals surface area contributed by atoms with Gasteiger partial charge < -0.3 is 9.47 Å². The van der Waals surface area contributed by atoms with E-state index in [-0.39, 0.29) is 11.3 Å². The van der Waals surface area contributed by atoms with Crippen LogP contribution in [0.5, 0.6) is 11.6 Å². The Kier molecular flexibility index (Phi) is 2.41. The maximum Gasteiger partial charge on any atom is 0.213 e. The molecule has 1 aromatic carbocycles. The van der Waals surface area contributed by atoms with E-state index in [1.54, 1.807) is 18.2 Å². The molecule has 0 aliphatic rings. The van der Waals surface area contributed by atoms with Crippen molar-refractivity contribution in [2.24, 2.45) is 0 Å². The molecule has 0 saturated heterocycles. The topological polar surface area (TPSA) is 31.4 Å². The van der Waals surface area contributed by atoms with Crippen LogP contribution in [0.4, 0.5) is 4.39 Å². The highest BCUT2D eigenvalue weighted by atomic mass is 19.1. The molecule has 0 N–H and O–H groups in total. The highest BCUT2D eigenvalue weighted by Crippen LogP contribution is 2.27. The Hall–Kier alpha value is -1.84. The Morgan fingerprint density at radius 3 is 2.53 bits per heavy atom. The highest BCUT2D eigenvalue weighted by Gasteiger charge is 2.08. The maximum atomic E-state index is 13.4. The number of halogens is 1. The van der Waals surface area contributed by atoms with E-state index in [1.807, 2.05) is 0 Å². The number of pyridine rings is 1. The summed E-state index contributed by atoms with van der Waals surface area (Å²) in [6.45, 7) is 0. The van der Waals surface area contributed by atoms with Crippen LogP contribution in [0.3, 0.4) is 0 Å².